The summed E-state index contributed by atoms with van der Waals surface area (Å²) in [6.07, 6.45) is 0.539. The monoisotopic (exact) mass is 309 g/mol. The summed E-state index contributed by atoms with van der Waals surface area (Å²) in [6, 6.07) is 4.96. The normalized spacial score (nSPS) is 10.2. The summed E-state index contributed by atoms with van der Waals surface area (Å²) in [5.74, 6) is 5.12. The highest BCUT2D eigenvalue weighted by Crippen LogP contribution is 2.19. The van der Waals surface area contributed by atoms with Gasteiger partial charge in [-0.05, 0) is 38.5 Å². The molecule has 2 N–H and O–H groups in total. The van der Waals surface area contributed by atoms with Gasteiger partial charge in [-0.25, -0.2) is 0 Å². The van der Waals surface area contributed by atoms with Crippen LogP contribution in [-0.2, 0) is 0 Å². The number of benzene rings is 1. The number of hydrogen-bond donors (Lipinski definition) is 2. The first-order chi connectivity index (χ1) is 10.0. The minimum atomic E-state index is -0.237. The summed E-state index contributed by atoms with van der Waals surface area (Å²) in [7, 11) is 0. The molecule has 0 aliphatic carbocycles. The Morgan fingerprint density at radius 2 is 2.10 bits per heavy atom. The lowest BCUT2D eigenvalue weighted by atomic mass is 10.1. The average molecular weight is 310 g/mol. The third kappa shape index (κ3) is 5.05. The fraction of sp³-hybridized carbons (Fsp3) is 0.438. The zero-order chi connectivity index (χ0) is 15.8. The van der Waals surface area contributed by atoms with Crippen LogP contribution in [0.1, 0.15) is 36.2 Å². The third-order valence-electron chi connectivity index (χ3n) is 2.96. The lowest BCUT2D eigenvalue weighted by Crippen LogP contribution is -2.38. The summed E-state index contributed by atoms with van der Waals surface area (Å²) < 4.78 is 0. The van der Waals surface area contributed by atoms with Crippen molar-refractivity contribution in [2.75, 3.05) is 19.8 Å². The largest absolute Gasteiger partial charge is 0.396 e. The average Bonchev–Trinajstić information content (AvgIpc) is 2.45. The van der Waals surface area contributed by atoms with Gasteiger partial charge in [-0.1, -0.05) is 23.4 Å². The Balaban J connectivity index is 2.98. The number of carbonyl (C=O) groups excluding carboxylic acids is 1. The van der Waals surface area contributed by atoms with Gasteiger partial charge in [0, 0.05) is 30.3 Å². The SMILES string of the molecule is CC(C)N(CCCO)C(=O)c1ccc(C#CCO)c(Cl)c1. The van der Waals surface area contributed by atoms with Gasteiger partial charge < -0.3 is 15.1 Å². The molecule has 0 bridgehead atoms. The zero-order valence-electron chi connectivity index (χ0n) is 12.3. The number of rotatable bonds is 5. The van der Waals surface area contributed by atoms with Crippen molar-refractivity contribution in [3.05, 3.63) is 34.3 Å². The third-order valence-corrected chi connectivity index (χ3v) is 3.27. The molecule has 0 spiro atoms. The highest BCUT2D eigenvalue weighted by Gasteiger charge is 2.18. The molecule has 0 heterocycles. The summed E-state index contributed by atoms with van der Waals surface area (Å²) in [4.78, 5) is 14.2. The van der Waals surface area contributed by atoms with Crippen molar-refractivity contribution in [1.82, 2.24) is 4.90 Å². The van der Waals surface area contributed by atoms with Crippen molar-refractivity contribution in [2.24, 2.45) is 0 Å². The van der Waals surface area contributed by atoms with Crippen LogP contribution >= 0.6 is 11.6 Å². The minimum Gasteiger partial charge on any atom is -0.396 e. The topological polar surface area (TPSA) is 60.8 Å². The number of nitrogens with zero attached hydrogens (tertiary/aromatic N) is 1. The lowest BCUT2D eigenvalue weighted by molar-refractivity contribution is 0.0693. The summed E-state index contributed by atoms with van der Waals surface area (Å²) >= 11 is 6.10. The van der Waals surface area contributed by atoms with E-state index in [2.05, 4.69) is 11.8 Å². The van der Waals surface area contributed by atoms with Gasteiger partial charge in [0.15, 0.2) is 0 Å². The quantitative estimate of drug-likeness (QED) is 0.817. The second-order valence-corrected chi connectivity index (χ2v) is 5.23. The van der Waals surface area contributed by atoms with Crippen LogP contribution in [0.2, 0.25) is 5.02 Å². The van der Waals surface area contributed by atoms with E-state index in [1.165, 1.54) is 0 Å². The number of amides is 1. The van der Waals surface area contributed by atoms with Crippen molar-refractivity contribution in [1.29, 1.82) is 0 Å². The van der Waals surface area contributed by atoms with Gasteiger partial charge in [0.1, 0.15) is 6.61 Å². The van der Waals surface area contributed by atoms with Gasteiger partial charge in [0.25, 0.3) is 5.91 Å². The first-order valence-electron chi connectivity index (χ1n) is 6.82. The standard InChI is InChI=1S/C16H20ClNO3/c1-12(2)18(8-4-10-20)16(21)14-7-6-13(5-3-9-19)15(17)11-14/h6-7,11-12,19-20H,4,8-10H2,1-2H3. The Kier molecular flexibility index (Phi) is 7.24. The summed E-state index contributed by atoms with van der Waals surface area (Å²) in [5.41, 5.74) is 1.06. The van der Waals surface area contributed by atoms with E-state index < -0.39 is 0 Å². The molecule has 0 saturated carbocycles. The molecule has 0 saturated heterocycles. The maximum absolute atomic E-state index is 12.5. The highest BCUT2D eigenvalue weighted by atomic mass is 35.5. The van der Waals surface area contributed by atoms with E-state index >= 15 is 0 Å². The molecule has 0 aromatic heterocycles. The fourth-order valence-electron chi connectivity index (χ4n) is 1.89. The van der Waals surface area contributed by atoms with Crippen LogP contribution in [0.5, 0.6) is 0 Å². The number of halogens is 1. The Hall–Kier alpha value is -1.54. The fourth-order valence-corrected chi connectivity index (χ4v) is 2.11. The van der Waals surface area contributed by atoms with Crippen LogP contribution in [-0.4, -0.2) is 46.8 Å². The van der Waals surface area contributed by atoms with Crippen LogP contribution in [0.15, 0.2) is 18.2 Å². The summed E-state index contributed by atoms with van der Waals surface area (Å²) in [5, 5.41) is 18.0. The first kappa shape index (κ1) is 17.5. The van der Waals surface area contributed by atoms with E-state index in [0.717, 1.165) is 0 Å². The Labute approximate surface area is 130 Å². The Morgan fingerprint density at radius 3 is 2.62 bits per heavy atom. The Bertz CT molecular complexity index is 546. The molecule has 21 heavy (non-hydrogen) atoms. The maximum atomic E-state index is 12.5. The van der Waals surface area contributed by atoms with E-state index in [9.17, 15) is 4.79 Å². The van der Waals surface area contributed by atoms with E-state index in [4.69, 9.17) is 21.8 Å². The second kappa shape index (κ2) is 8.68. The van der Waals surface area contributed by atoms with Crippen LogP contribution in [0, 0.1) is 11.8 Å². The molecule has 1 aromatic carbocycles. The van der Waals surface area contributed by atoms with Crippen molar-refractivity contribution >= 4 is 17.5 Å². The van der Waals surface area contributed by atoms with Crippen LogP contribution in [0.25, 0.3) is 0 Å². The molecule has 114 valence electrons. The molecular weight excluding hydrogens is 290 g/mol. The lowest BCUT2D eigenvalue weighted by Gasteiger charge is -2.26. The van der Waals surface area contributed by atoms with E-state index in [1.54, 1.807) is 23.1 Å². The molecule has 1 amide bonds. The Morgan fingerprint density at radius 1 is 1.38 bits per heavy atom. The second-order valence-electron chi connectivity index (χ2n) is 4.82. The van der Waals surface area contributed by atoms with Gasteiger partial charge in [-0.2, -0.15) is 0 Å². The van der Waals surface area contributed by atoms with Gasteiger partial charge in [0.05, 0.1) is 5.02 Å². The molecule has 0 unspecified atom stereocenters. The van der Waals surface area contributed by atoms with E-state index in [0.29, 0.717) is 29.1 Å². The molecule has 0 fully saturated rings. The number of aliphatic hydroxyl groups excluding tert-OH is 2. The molecule has 0 radical (unpaired) electrons. The smallest absolute Gasteiger partial charge is 0.254 e. The number of hydrogen-bond acceptors (Lipinski definition) is 3. The summed E-state index contributed by atoms with van der Waals surface area (Å²) in [6.45, 7) is 4.17. The van der Waals surface area contributed by atoms with Crippen molar-refractivity contribution in [3.63, 3.8) is 0 Å². The molecule has 5 heteroatoms. The number of carbonyl (C=O) groups is 1. The molecule has 0 aliphatic rings. The van der Waals surface area contributed by atoms with Gasteiger partial charge in [-0.15, -0.1) is 0 Å². The first-order valence-corrected chi connectivity index (χ1v) is 7.20. The van der Waals surface area contributed by atoms with Gasteiger partial charge in [-0.3, -0.25) is 4.79 Å². The number of aliphatic hydroxyl groups is 2. The van der Waals surface area contributed by atoms with Crippen LogP contribution in [0.4, 0.5) is 0 Å². The van der Waals surface area contributed by atoms with E-state index in [-0.39, 0.29) is 25.2 Å². The van der Waals surface area contributed by atoms with Gasteiger partial charge >= 0.3 is 0 Å². The van der Waals surface area contributed by atoms with Crippen molar-refractivity contribution < 1.29 is 15.0 Å². The van der Waals surface area contributed by atoms with Gasteiger partial charge in [0.2, 0.25) is 0 Å². The molecular formula is C16H20ClNO3. The molecule has 0 atom stereocenters. The van der Waals surface area contributed by atoms with Crippen LogP contribution < -0.4 is 0 Å². The zero-order valence-corrected chi connectivity index (χ0v) is 13.0. The predicted octanol–water partition coefficient (Wildman–Crippen LogP) is 1.92. The molecule has 0 aliphatic heterocycles. The molecule has 4 nitrogen and oxygen atoms in total. The van der Waals surface area contributed by atoms with E-state index in [1.807, 2.05) is 13.8 Å². The highest BCUT2D eigenvalue weighted by molar-refractivity contribution is 6.32. The minimum absolute atomic E-state index is 0.0386. The van der Waals surface area contributed by atoms with Crippen molar-refractivity contribution in [2.45, 2.75) is 26.3 Å². The van der Waals surface area contributed by atoms with Crippen LogP contribution in [0.3, 0.4) is 0 Å². The van der Waals surface area contributed by atoms with Crippen molar-refractivity contribution in [3.8, 4) is 11.8 Å². The molecule has 1 aromatic rings. The predicted molar refractivity (Wildman–Crippen MR) is 83.3 cm³/mol. The molecule has 1 rings (SSSR count). The maximum Gasteiger partial charge on any atom is 0.254 e.